The Bertz CT molecular complexity index is 361. The van der Waals surface area contributed by atoms with Crippen molar-refractivity contribution in [1.29, 1.82) is 0 Å². The van der Waals surface area contributed by atoms with Gasteiger partial charge in [0.25, 0.3) is 0 Å². The molecular weight excluding hydrogens is 252 g/mol. The van der Waals surface area contributed by atoms with Gasteiger partial charge >= 0.3 is 17.9 Å². The Morgan fingerprint density at radius 2 is 1.47 bits per heavy atom. The van der Waals surface area contributed by atoms with Crippen LogP contribution in [0.2, 0.25) is 0 Å². The standard InChI is InChI=1S/C13H18O6/c1-4-7-8-19-11(14)9-10(12(15)17-5-2)13(16)18-6-3/h4,7,9H,5-6,8H2,1-3H3/b7-4-. The molecule has 106 valence electrons. The molecule has 0 aliphatic heterocycles. The molecule has 0 aliphatic carbocycles. The molecule has 0 spiro atoms. The van der Waals surface area contributed by atoms with Crippen LogP contribution in [0.3, 0.4) is 0 Å². The molecule has 19 heavy (non-hydrogen) atoms. The Balaban J connectivity index is 4.85. The smallest absolute Gasteiger partial charge is 0.345 e. The minimum absolute atomic E-state index is 0.0603. The van der Waals surface area contributed by atoms with E-state index in [0.29, 0.717) is 0 Å². The maximum Gasteiger partial charge on any atom is 0.345 e. The molecule has 0 heterocycles. The van der Waals surface area contributed by atoms with Gasteiger partial charge in [-0.1, -0.05) is 12.2 Å². The number of hydrogen-bond acceptors (Lipinski definition) is 6. The molecule has 0 aliphatic rings. The van der Waals surface area contributed by atoms with Gasteiger partial charge in [0, 0.05) is 6.08 Å². The summed E-state index contributed by atoms with van der Waals surface area (Å²) >= 11 is 0. The van der Waals surface area contributed by atoms with Crippen molar-refractivity contribution in [2.24, 2.45) is 0 Å². The molecule has 0 N–H and O–H groups in total. The Hall–Kier alpha value is -2.11. The van der Waals surface area contributed by atoms with Crippen molar-refractivity contribution in [3.05, 3.63) is 23.8 Å². The van der Waals surface area contributed by atoms with Crippen LogP contribution in [-0.4, -0.2) is 37.7 Å². The lowest BCUT2D eigenvalue weighted by Gasteiger charge is -2.06. The van der Waals surface area contributed by atoms with E-state index in [2.05, 4.69) is 9.47 Å². The average molecular weight is 270 g/mol. The Morgan fingerprint density at radius 3 is 1.89 bits per heavy atom. The van der Waals surface area contributed by atoms with E-state index in [1.54, 1.807) is 32.9 Å². The molecule has 0 fully saturated rings. The SMILES string of the molecule is C/C=C\COC(=O)C=C(C(=O)OCC)C(=O)OCC. The van der Waals surface area contributed by atoms with Crippen molar-refractivity contribution < 1.29 is 28.6 Å². The first-order valence-electron chi connectivity index (χ1n) is 5.90. The maximum atomic E-state index is 11.5. The van der Waals surface area contributed by atoms with Crippen LogP contribution in [-0.2, 0) is 28.6 Å². The van der Waals surface area contributed by atoms with Gasteiger partial charge in [-0.3, -0.25) is 0 Å². The molecule has 6 heteroatoms. The Morgan fingerprint density at radius 1 is 0.947 bits per heavy atom. The summed E-state index contributed by atoms with van der Waals surface area (Å²) in [5, 5.41) is 0. The van der Waals surface area contributed by atoms with Gasteiger partial charge in [-0.25, -0.2) is 14.4 Å². The fraction of sp³-hybridized carbons (Fsp3) is 0.462. The normalized spacial score (nSPS) is 9.84. The van der Waals surface area contributed by atoms with Gasteiger partial charge in [-0.15, -0.1) is 0 Å². The van der Waals surface area contributed by atoms with Crippen molar-refractivity contribution >= 4 is 17.9 Å². The number of ether oxygens (including phenoxy) is 3. The van der Waals surface area contributed by atoms with E-state index in [1.165, 1.54) is 0 Å². The fourth-order valence-electron chi connectivity index (χ4n) is 1.00. The fourth-order valence-corrected chi connectivity index (χ4v) is 1.00. The van der Waals surface area contributed by atoms with Gasteiger partial charge in [0.2, 0.25) is 0 Å². The van der Waals surface area contributed by atoms with E-state index in [4.69, 9.17) is 4.74 Å². The summed E-state index contributed by atoms with van der Waals surface area (Å²) in [5.74, 6) is -2.64. The van der Waals surface area contributed by atoms with E-state index >= 15 is 0 Å². The third-order valence-corrected chi connectivity index (χ3v) is 1.81. The molecule has 0 radical (unpaired) electrons. The lowest BCUT2D eigenvalue weighted by atomic mass is 10.2. The minimum atomic E-state index is -0.913. The summed E-state index contributed by atoms with van der Waals surface area (Å²) in [4.78, 5) is 34.4. The summed E-state index contributed by atoms with van der Waals surface area (Å²) in [6, 6.07) is 0. The summed E-state index contributed by atoms with van der Waals surface area (Å²) < 4.78 is 14.1. The lowest BCUT2D eigenvalue weighted by Crippen LogP contribution is -2.20. The van der Waals surface area contributed by atoms with Crippen molar-refractivity contribution in [3.63, 3.8) is 0 Å². The van der Waals surface area contributed by atoms with E-state index < -0.39 is 23.5 Å². The summed E-state index contributed by atoms with van der Waals surface area (Å²) in [6.45, 7) is 5.18. The van der Waals surface area contributed by atoms with E-state index in [-0.39, 0.29) is 19.8 Å². The molecule has 0 aromatic heterocycles. The van der Waals surface area contributed by atoms with Crippen LogP contribution in [0.4, 0.5) is 0 Å². The van der Waals surface area contributed by atoms with Crippen molar-refractivity contribution in [3.8, 4) is 0 Å². The predicted octanol–water partition coefficient (Wildman–Crippen LogP) is 1.16. The van der Waals surface area contributed by atoms with Crippen LogP contribution >= 0.6 is 0 Å². The van der Waals surface area contributed by atoms with Crippen molar-refractivity contribution in [2.75, 3.05) is 19.8 Å². The van der Waals surface area contributed by atoms with Crippen LogP contribution in [0.5, 0.6) is 0 Å². The summed E-state index contributed by atoms with van der Waals surface area (Å²) in [5.41, 5.74) is -0.478. The third kappa shape index (κ3) is 7.03. The molecule has 6 nitrogen and oxygen atoms in total. The third-order valence-electron chi connectivity index (χ3n) is 1.81. The lowest BCUT2D eigenvalue weighted by molar-refractivity contribution is -0.148. The predicted molar refractivity (Wildman–Crippen MR) is 67.1 cm³/mol. The number of esters is 3. The minimum Gasteiger partial charge on any atom is -0.462 e. The molecular formula is C13H18O6. The van der Waals surface area contributed by atoms with Crippen LogP contribution < -0.4 is 0 Å². The second-order valence-electron chi connectivity index (χ2n) is 3.20. The van der Waals surface area contributed by atoms with E-state index in [9.17, 15) is 14.4 Å². The number of allylic oxidation sites excluding steroid dienone is 1. The molecule has 0 atom stereocenters. The zero-order chi connectivity index (χ0) is 14.7. The molecule has 0 unspecified atom stereocenters. The highest BCUT2D eigenvalue weighted by Crippen LogP contribution is 2.03. The second-order valence-corrected chi connectivity index (χ2v) is 3.20. The highest BCUT2D eigenvalue weighted by Gasteiger charge is 2.22. The van der Waals surface area contributed by atoms with Crippen LogP contribution in [0, 0.1) is 0 Å². The number of carbonyl (C=O) groups is 3. The Kier molecular flexibility index (Phi) is 8.78. The zero-order valence-corrected chi connectivity index (χ0v) is 11.3. The van der Waals surface area contributed by atoms with Gasteiger partial charge < -0.3 is 14.2 Å². The molecule has 0 amide bonds. The molecule has 0 aromatic rings. The first-order valence-corrected chi connectivity index (χ1v) is 5.90. The topological polar surface area (TPSA) is 78.9 Å². The average Bonchev–Trinajstić information content (AvgIpc) is 2.36. The van der Waals surface area contributed by atoms with Crippen molar-refractivity contribution in [2.45, 2.75) is 20.8 Å². The van der Waals surface area contributed by atoms with Gasteiger partial charge in [-0.05, 0) is 20.8 Å². The molecule has 0 saturated carbocycles. The molecule has 0 saturated heterocycles. The quantitative estimate of drug-likeness (QED) is 0.172. The second kappa shape index (κ2) is 9.87. The van der Waals surface area contributed by atoms with Crippen LogP contribution in [0.25, 0.3) is 0 Å². The summed E-state index contributed by atoms with van der Waals surface area (Å²) in [7, 11) is 0. The number of hydrogen-bond donors (Lipinski definition) is 0. The van der Waals surface area contributed by atoms with E-state index in [0.717, 1.165) is 6.08 Å². The highest BCUT2D eigenvalue weighted by molar-refractivity contribution is 6.17. The van der Waals surface area contributed by atoms with Crippen molar-refractivity contribution in [1.82, 2.24) is 0 Å². The van der Waals surface area contributed by atoms with Crippen LogP contribution in [0.1, 0.15) is 20.8 Å². The molecule has 0 bridgehead atoms. The molecule has 0 rings (SSSR count). The maximum absolute atomic E-state index is 11.5. The monoisotopic (exact) mass is 270 g/mol. The highest BCUT2D eigenvalue weighted by atomic mass is 16.6. The van der Waals surface area contributed by atoms with Gasteiger partial charge in [0.05, 0.1) is 13.2 Å². The molecule has 0 aromatic carbocycles. The first kappa shape index (κ1) is 16.9. The van der Waals surface area contributed by atoms with Crippen LogP contribution in [0.15, 0.2) is 23.8 Å². The van der Waals surface area contributed by atoms with E-state index in [1.807, 2.05) is 0 Å². The Labute approximate surface area is 112 Å². The number of carbonyl (C=O) groups excluding carboxylic acids is 3. The van der Waals surface area contributed by atoms with Gasteiger partial charge in [-0.2, -0.15) is 0 Å². The largest absolute Gasteiger partial charge is 0.462 e. The number of rotatable bonds is 7. The first-order chi connectivity index (χ1) is 9.06. The summed E-state index contributed by atoms with van der Waals surface area (Å²) in [6.07, 6.45) is 4.09. The van der Waals surface area contributed by atoms with Gasteiger partial charge in [0.1, 0.15) is 6.61 Å². The van der Waals surface area contributed by atoms with Gasteiger partial charge in [0.15, 0.2) is 5.57 Å². The zero-order valence-electron chi connectivity index (χ0n) is 11.3.